The summed E-state index contributed by atoms with van der Waals surface area (Å²) < 4.78 is 0. The van der Waals surface area contributed by atoms with Crippen molar-refractivity contribution >= 4 is 28.4 Å². The highest BCUT2D eigenvalue weighted by molar-refractivity contribution is 6.36. The van der Waals surface area contributed by atoms with Gasteiger partial charge in [-0.15, -0.1) is 0 Å². The second kappa shape index (κ2) is 6.93. The first-order valence-corrected chi connectivity index (χ1v) is 9.69. The maximum atomic E-state index is 13.0. The minimum absolute atomic E-state index is 0.103. The Balaban J connectivity index is 1.72. The number of hydrogen-bond donors (Lipinski definition) is 1. The van der Waals surface area contributed by atoms with E-state index in [1.54, 1.807) is 0 Å². The summed E-state index contributed by atoms with van der Waals surface area (Å²) in [6, 6.07) is 6.06. The number of nitrogens with zero attached hydrogens (tertiary/aromatic N) is 2. The maximum absolute atomic E-state index is 13.0. The second-order valence-corrected chi connectivity index (χ2v) is 7.43. The molecule has 0 spiro atoms. The van der Waals surface area contributed by atoms with Crippen LogP contribution in [0.1, 0.15) is 47.8 Å². The van der Waals surface area contributed by atoms with Gasteiger partial charge in [0.2, 0.25) is 0 Å². The zero-order chi connectivity index (χ0) is 17.4. The van der Waals surface area contributed by atoms with E-state index in [4.69, 9.17) is 16.6 Å². The lowest BCUT2D eigenvalue weighted by Crippen LogP contribution is -2.53. The standard InChI is InChI=1S/C20H24ClN3O/c1-2-14-12-22-9-10-24(14)20(25)13-7-8-16-18(11-13)23-17-6-4-3-5-15(17)19(16)21/h7-8,11,14,22H,2-6,9-10,12H2,1H3. The van der Waals surface area contributed by atoms with Gasteiger partial charge in [-0.2, -0.15) is 0 Å². The molecule has 1 amide bonds. The van der Waals surface area contributed by atoms with Gasteiger partial charge in [0, 0.05) is 42.3 Å². The minimum Gasteiger partial charge on any atom is -0.333 e. The molecule has 2 aromatic rings. The summed E-state index contributed by atoms with van der Waals surface area (Å²) in [5, 5.41) is 5.16. The molecular weight excluding hydrogens is 334 g/mol. The molecule has 1 aliphatic carbocycles. The molecule has 132 valence electrons. The van der Waals surface area contributed by atoms with E-state index in [-0.39, 0.29) is 11.9 Å². The summed E-state index contributed by atoms with van der Waals surface area (Å²) in [6.07, 6.45) is 5.30. The van der Waals surface area contributed by atoms with Gasteiger partial charge >= 0.3 is 0 Å². The third-order valence-electron chi connectivity index (χ3n) is 5.52. The van der Waals surface area contributed by atoms with E-state index in [9.17, 15) is 4.79 Å². The Labute approximate surface area is 153 Å². The number of halogens is 1. The SMILES string of the molecule is CCC1CNCCN1C(=O)c1ccc2c(Cl)c3c(nc2c1)CCCC3. The number of hydrogen-bond acceptors (Lipinski definition) is 3. The number of fused-ring (bicyclic) bond motifs is 2. The number of amides is 1. The van der Waals surface area contributed by atoms with Gasteiger partial charge in [-0.25, -0.2) is 0 Å². The zero-order valence-corrected chi connectivity index (χ0v) is 15.4. The van der Waals surface area contributed by atoms with Crippen LogP contribution in [0.5, 0.6) is 0 Å². The van der Waals surface area contributed by atoms with Gasteiger partial charge < -0.3 is 10.2 Å². The summed E-state index contributed by atoms with van der Waals surface area (Å²) >= 11 is 6.64. The number of benzene rings is 1. The highest BCUT2D eigenvalue weighted by Gasteiger charge is 2.26. The summed E-state index contributed by atoms with van der Waals surface area (Å²) in [4.78, 5) is 19.9. The fourth-order valence-corrected chi connectivity index (χ4v) is 4.42. The van der Waals surface area contributed by atoms with E-state index < -0.39 is 0 Å². The van der Waals surface area contributed by atoms with Crippen molar-refractivity contribution in [3.63, 3.8) is 0 Å². The van der Waals surface area contributed by atoms with Crippen molar-refractivity contribution in [3.05, 3.63) is 40.0 Å². The third-order valence-corrected chi connectivity index (χ3v) is 5.95. The fraction of sp³-hybridized carbons (Fsp3) is 0.500. The van der Waals surface area contributed by atoms with Crippen molar-refractivity contribution in [1.82, 2.24) is 15.2 Å². The number of aryl methyl sites for hydroxylation is 1. The van der Waals surface area contributed by atoms with Crippen LogP contribution in [-0.2, 0) is 12.8 Å². The predicted octanol–water partition coefficient (Wildman–Crippen LogP) is 3.59. The van der Waals surface area contributed by atoms with Gasteiger partial charge in [0.15, 0.2) is 0 Å². The maximum Gasteiger partial charge on any atom is 0.254 e. The lowest BCUT2D eigenvalue weighted by atomic mass is 9.94. The molecule has 0 radical (unpaired) electrons. The molecule has 2 aliphatic rings. The smallest absolute Gasteiger partial charge is 0.254 e. The quantitative estimate of drug-likeness (QED) is 0.893. The number of aromatic nitrogens is 1. The molecule has 1 unspecified atom stereocenters. The second-order valence-electron chi connectivity index (χ2n) is 7.05. The van der Waals surface area contributed by atoms with E-state index >= 15 is 0 Å². The number of carbonyl (C=O) groups excluding carboxylic acids is 1. The van der Waals surface area contributed by atoms with Gasteiger partial charge in [0.25, 0.3) is 5.91 Å². The molecule has 2 heterocycles. The number of pyridine rings is 1. The molecule has 1 aliphatic heterocycles. The van der Waals surface area contributed by atoms with E-state index in [1.165, 1.54) is 18.4 Å². The summed E-state index contributed by atoms with van der Waals surface area (Å²) in [7, 11) is 0. The van der Waals surface area contributed by atoms with Crippen LogP contribution in [0.4, 0.5) is 0 Å². The molecule has 4 nitrogen and oxygen atoms in total. The van der Waals surface area contributed by atoms with E-state index in [1.807, 2.05) is 23.1 Å². The van der Waals surface area contributed by atoms with Crippen LogP contribution in [0.2, 0.25) is 5.02 Å². The molecule has 1 aromatic heterocycles. The Morgan fingerprint density at radius 2 is 2.20 bits per heavy atom. The van der Waals surface area contributed by atoms with Gasteiger partial charge in [0.05, 0.1) is 10.5 Å². The van der Waals surface area contributed by atoms with Gasteiger partial charge in [-0.1, -0.05) is 24.6 Å². The third kappa shape index (κ3) is 3.02. The minimum atomic E-state index is 0.103. The van der Waals surface area contributed by atoms with Crippen LogP contribution in [0.15, 0.2) is 18.2 Å². The molecule has 1 atom stereocenters. The lowest BCUT2D eigenvalue weighted by Gasteiger charge is -2.35. The Morgan fingerprint density at radius 1 is 1.36 bits per heavy atom. The number of carbonyl (C=O) groups is 1. The molecule has 5 heteroatoms. The Bertz CT molecular complexity index is 820. The summed E-state index contributed by atoms with van der Waals surface area (Å²) in [5.74, 6) is 0.103. The molecule has 1 N–H and O–H groups in total. The number of rotatable bonds is 2. The molecular formula is C20H24ClN3O. The van der Waals surface area contributed by atoms with Gasteiger partial charge in [-0.3, -0.25) is 9.78 Å². The van der Waals surface area contributed by atoms with Crippen molar-refractivity contribution in [1.29, 1.82) is 0 Å². The largest absolute Gasteiger partial charge is 0.333 e. The molecule has 0 bridgehead atoms. The lowest BCUT2D eigenvalue weighted by molar-refractivity contribution is 0.0631. The average Bonchev–Trinajstić information content (AvgIpc) is 2.67. The van der Waals surface area contributed by atoms with E-state index in [2.05, 4.69) is 12.2 Å². The van der Waals surface area contributed by atoms with Crippen LogP contribution in [-0.4, -0.2) is 41.5 Å². The van der Waals surface area contributed by atoms with E-state index in [0.717, 1.165) is 60.5 Å². The number of nitrogens with one attached hydrogen (secondary N) is 1. The fourth-order valence-electron chi connectivity index (χ4n) is 4.06. The first kappa shape index (κ1) is 16.8. The Kier molecular flexibility index (Phi) is 4.65. The first-order valence-electron chi connectivity index (χ1n) is 9.31. The van der Waals surface area contributed by atoms with Crippen LogP contribution in [0, 0.1) is 0 Å². The monoisotopic (exact) mass is 357 g/mol. The molecule has 1 aromatic carbocycles. The first-order chi connectivity index (χ1) is 12.2. The molecule has 1 fully saturated rings. The summed E-state index contributed by atoms with van der Waals surface area (Å²) in [5.41, 5.74) is 3.88. The molecule has 1 saturated heterocycles. The van der Waals surface area contributed by atoms with Crippen molar-refractivity contribution in [2.75, 3.05) is 19.6 Å². The highest BCUT2D eigenvalue weighted by Crippen LogP contribution is 2.33. The molecule has 0 saturated carbocycles. The van der Waals surface area contributed by atoms with Crippen LogP contribution in [0.25, 0.3) is 10.9 Å². The summed E-state index contributed by atoms with van der Waals surface area (Å²) in [6.45, 7) is 4.61. The average molecular weight is 358 g/mol. The van der Waals surface area contributed by atoms with Gasteiger partial charge in [-0.05, 0) is 49.8 Å². The van der Waals surface area contributed by atoms with Crippen LogP contribution >= 0.6 is 11.6 Å². The predicted molar refractivity (Wildman–Crippen MR) is 101 cm³/mol. The van der Waals surface area contributed by atoms with Crippen molar-refractivity contribution in [2.45, 2.75) is 45.1 Å². The number of piperazine rings is 1. The van der Waals surface area contributed by atoms with Crippen molar-refractivity contribution in [2.24, 2.45) is 0 Å². The Hall–Kier alpha value is -1.65. The van der Waals surface area contributed by atoms with E-state index in [0.29, 0.717) is 5.56 Å². The van der Waals surface area contributed by atoms with Crippen LogP contribution < -0.4 is 5.32 Å². The zero-order valence-electron chi connectivity index (χ0n) is 14.6. The van der Waals surface area contributed by atoms with Crippen molar-refractivity contribution < 1.29 is 4.79 Å². The highest BCUT2D eigenvalue weighted by atomic mass is 35.5. The molecule has 25 heavy (non-hydrogen) atoms. The van der Waals surface area contributed by atoms with Crippen molar-refractivity contribution in [3.8, 4) is 0 Å². The molecule has 4 rings (SSSR count). The van der Waals surface area contributed by atoms with Gasteiger partial charge in [0.1, 0.15) is 0 Å². The Morgan fingerprint density at radius 3 is 3.04 bits per heavy atom. The topological polar surface area (TPSA) is 45.2 Å². The normalized spacial score (nSPS) is 20.6. The van der Waals surface area contributed by atoms with Crippen LogP contribution in [0.3, 0.4) is 0 Å².